The van der Waals surface area contributed by atoms with Gasteiger partial charge in [0, 0.05) is 44.8 Å². The van der Waals surface area contributed by atoms with Crippen LogP contribution < -0.4 is 10.6 Å². The fourth-order valence-corrected chi connectivity index (χ4v) is 3.97. The standard InChI is InChI=1S/C22H25FN6O2/c1-3-20(31)28-8-4-5-18(13-28)25-21-19(23)10-24-22(27-21)26-17-7-6-15-11-29(14(2)30)12-16(15)9-17/h3,6-7,9-10,18H,1,4-5,8,11-13H2,2H3,(H2,24,25,26,27)/t18-/m1/s1. The molecule has 1 fully saturated rings. The van der Waals surface area contributed by atoms with E-state index in [0.29, 0.717) is 26.2 Å². The van der Waals surface area contributed by atoms with Crippen molar-refractivity contribution < 1.29 is 14.0 Å². The Hall–Kier alpha value is -3.49. The van der Waals surface area contributed by atoms with Gasteiger partial charge in [-0.15, -0.1) is 0 Å². The van der Waals surface area contributed by atoms with Gasteiger partial charge in [0.15, 0.2) is 11.6 Å². The summed E-state index contributed by atoms with van der Waals surface area (Å²) in [4.78, 5) is 35.3. The first-order valence-electron chi connectivity index (χ1n) is 10.3. The van der Waals surface area contributed by atoms with Crippen molar-refractivity contribution in [1.29, 1.82) is 0 Å². The van der Waals surface area contributed by atoms with E-state index in [-0.39, 0.29) is 29.6 Å². The third kappa shape index (κ3) is 4.65. The average Bonchev–Trinajstić information content (AvgIpc) is 3.19. The van der Waals surface area contributed by atoms with E-state index in [0.717, 1.165) is 35.9 Å². The van der Waals surface area contributed by atoms with Crippen molar-refractivity contribution in [3.05, 3.63) is 54.0 Å². The van der Waals surface area contributed by atoms with Gasteiger partial charge in [-0.05, 0) is 42.2 Å². The van der Waals surface area contributed by atoms with Gasteiger partial charge < -0.3 is 20.4 Å². The largest absolute Gasteiger partial charge is 0.363 e. The molecule has 3 heterocycles. The summed E-state index contributed by atoms with van der Waals surface area (Å²) in [5.74, 6) is -0.278. The van der Waals surface area contributed by atoms with Crippen molar-refractivity contribution in [3.8, 4) is 0 Å². The van der Waals surface area contributed by atoms with Crippen molar-refractivity contribution in [2.45, 2.75) is 38.9 Å². The fraction of sp³-hybridized carbons (Fsp3) is 0.364. The third-order valence-electron chi connectivity index (χ3n) is 5.62. The van der Waals surface area contributed by atoms with E-state index in [1.54, 1.807) is 16.7 Å². The highest BCUT2D eigenvalue weighted by molar-refractivity contribution is 5.87. The Morgan fingerprint density at radius 1 is 1.26 bits per heavy atom. The van der Waals surface area contributed by atoms with E-state index in [1.165, 1.54) is 6.08 Å². The van der Waals surface area contributed by atoms with Gasteiger partial charge >= 0.3 is 0 Å². The molecular formula is C22H25FN6O2. The molecular weight excluding hydrogens is 399 g/mol. The Bertz CT molecular complexity index is 1030. The summed E-state index contributed by atoms with van der Waals surface area (Å²) >= 11 is 0. The molecule has 2 aromatic rings. The number of piperidine rings is 1. The molecule has 0 unspecified atom stereocenters. The van der Waals surface area contributed by atoms with Gasteiger partial charge in [0.2, 0.25) is 17.8 Å². The second kappa shape index (κ2) is 8.71. The summed E-state index contributed by atoms with van der Waals surface area (Å²) in [6, 6.07) is 5.71. The summed E-state index contributed by atoms with van der Waals surface area (Å²) < 4.78 is 14.3. The second-order valence-electron chi connectivity index (χ2n) is 7.85. The van der Waals surface area contributed by atoms with Crippen molar-refractivity contribution >= 4 is 29.3 Å². The third-order valence-corrected chi connectivity index (χ3v) is 5.62. The van der Waals surface area contributed by atoms with Crippen LogP contribution in [0.5, 0.6) is 0 Å². The van der Waals surface area contributed by atoms with E-state index in [4.69, 9.17) is 0 Å². The smallest absolute Gasteiger partial charge is 0.246 e. The molecule has 9 heteroatoms. The number of carbonyl (C=O) groups is 2. The number of carbonyl (C=O) groups excluding carboxylic acids is 2. The van der Waals surface area contributed by atoms with E-state index >= 15 is 0 Å². The topological polar surface area (TPSA) is 90.5 Å². The number of nitrogens with one attached hydrogen (secondary N) is 2. The lowest BCUT2D eigenvalue weighted by molar-refractivity contribution is -0.129. The molecule has 0 aliphatic carbocycles. The number of benzene rings is 1. The number of halogens is 1. The second-order valence-corrected chi connectivity index (χ2v) is 7.85. The SMILES string of the molecule is C=CC(=O)N1CCC[C@@H](Nc2nc(Nc3ccc4c(c3)CN(C(C)=O)C4)ncc2F)C1. The van der Waals surface area contributed by atoms with Gasteiger partial charge in [-0.1, -0.05) is 12.6 Å². The summed E-state index contributed by atoms with van der Waals surface area (Å²) in [6.45, 7) is 7.40. The van der Waals surface area contributed by atoms with Crippen LogP contribution in [0.2, 0.25) is 0 Å². The molecule has 2 N–H and O–H groups in total. The molecule has 1 aromatic heterocycles. The maximum absolute atomic E-state index is 14.3. The molecule has 8 nitrogen and oxygen atoms in total. The minimum atomic E-state index is -0.552. The van der Waals surface area contributed by atoms with Gasteiger partial charge in [0.1, 0.15) is 0 Å². The number of likely N-dealkylation sites (tertiary alicyclic amines) is 1. The molecule has 2 aliphatic heterocycles. The molecule has 0 bridgehead atoms. The number of anilines is 3. The first-order valence-corrected chi connectivity index (χ1v) is 10.3. The number of fused-ring (bicyclic) bond motifs is 1. The number of nitrogens with zero attached hydrogens (tertiary/aromatic N) is 4. The molecule has 162 valence electrons. The van der Waals surface area contributed by atoms with Gasteiger partial charge in [-0.3, -0.25) is 9.59 Å². The van der Waals surface area contributed by atoms with Crippen LogP contribution in [-0.2, 0) is 22.7 Å². The molecule has 1 aromatic carbocycles. The minimum Gasteiger partial charge on any atom is -0.363 e. The molecule has 0 radical (unpaired) electrons. The monoisotopic (exact) mass is 424 g/mol. The number of hydrogen-bond donors (Lipinski definition) is 2. The first-order chi connectivity index (χ1) is 14.9. The molecule has 31 heavy (non-hydrogen) atoms. The van der Waals surface area contributed by atoms with Crippen LogP contribution in [0.25, 0.3) is 0 Å². The van der Waals surface area contributed by atoms with Gasteiger partial charge in [0.05, 0.1) is 6.20 Å². The van der Waals surface area contributed by atoms with Crippen LogP contribution in [-0.4, -0.2) is 50.7 Å². The first kappa shape index (κ1) is 20.8. The van der Waals surface area contributed by atoms with E-state index in [9.17, 15) is 14.0 Å². The van der Waals surface area contributed by atoms with Crippen molar-refractivity contribution in [2.75, 3.05) is 23.7 Å². The van der Waals surface area contributed by atoms with Crippen LogP contribution in [0.3, 0.4) is 0 Å². The number of hydrogen-bond acceptors (Lipinski definition) is 6. The Kier molecular flexibility index (Phi) is 5.83. The molecule has 0 saturated carbocycles. The number of aromatic nitrogens is 2. The minimum absolute atomic E-state index is 0.0411. The van der Waals surface area contributed by atoms with Crippen molar-refractivity contribution in [3.63, 3.8) is 0 Å². The van der Waals surface area contributed by atoms with Crippen LogP contribution in [0.15, 0.2) is 37.1 Å². The summed E-state index contributed by atoms with van der Waals surface area (Å²) in [5.41, 5.74) is 2.94. The van der Waals surface area contributed by atoms with Crippen LogP contribution in [0.1, 0.15) is 30.9 Å². The Balaban J connectivity index is 1.45. The highest BCUT2D eigenvalue weighted by Gasteiger charge is 2.24. The lowest BCUT2D eigenvalue weighted by Gasteiger charge is -2.32. The highest BCUT2D eigenvalue weighted by atomic mass is 19.1. The molecule has 4 rings (SSSR count). The maximum atomic E-state index is 14.3. The van der Waals surface area contributed by atoms with Crippen LogP contribution in [0, 0.1) is 5.82 Å². The molecule has 1 atom stereocenters. The zero-order valence-electron chi connectivity index (χ0n) is 17.4. The van der Waals surface area contributed by atoms with E-state index in [1.807, 2.05) is 18.2 Å². The van der Waals surface area contributed by atoms with Gasteiger partial charge in [0.25, 0.3) is 0 Å². The zero-order chi connectivity index (χ0) is 22.0. The Labute approximate surface area is 180 Å². The normalized spacial score (nSPS) is 17.8. The van der Waals surface area contributed by atoms with Crippen LogP contribution >= 0.6 is 0 Å². The summed E-state index contributed by atoms with van der Waals surface area (Å²) in [6.07, 6.45) is 4.05. The molecule has 1 saturated heterocycles. The lowest BCUT2D eigenvalue weighted by Crippen LogP contribution is -2.44. The molecule has 0 spiro atoms. The maximum Gasteiger partial charge on any atom is 0.246 e. The predicted octanol–water partition coefficient (Wildman–Crippen LogP) is 2.81. The van der Waals surface area contributed by atoms with E-state index in [2.05, 4.69) is 27.2 Å². The Morgan fingerprint density at radius 3 is 2.84 bits per heavy atom. The van der Waals surface area contributed by atoms with Crippen LogP contribution in [0.4, 0.5) is 21.8 Å². The summed E-state index contributed by atoms with van der Waals surface area (Å²) in [7, 11) is 0. The van der Waals surface area contributed by atoms with E-state index < -0.39 is 5.82 Å². The van der Waals surface area contributed by atoms with Gasteiger partial charge in [-0.25, -0.2) is 9.37 Å². The fourth-order valence-electron chi connectivity index (χ4n) is 3.97. The predicted molar refractivity (Wildman–Crippen MR) is 115 cm³/mol. The van der Waals surface area contributed by atoms with Gasteiger partial charge in [-0.2, -0.15) is 4.98 Å². The molecule has 2 amide bonds. The number of rotatable bonds is 5. The van der Waals surface area contributed by atoms with Crippen molar-refractivity contribution in [1.82, 2.24) is 19.8 Å². The highest BCUT2D eigenvalue weighted by Crippen LogP contribution is 2.27. The quantitative estimate of drug-likeness (QED) is 0.718. The van der Waals surface area contributed by atoms with Crippen molar-refractivity contribution in [2.24, 2.45) is 0 Å². The number of amides is 2. The zero-order valence-corrected chi connectivity index (χ0v) is 17.4. The summed E-state index contributed by atoms with van der Waals surface area (Å²) in [5, 5.41) is 6.21. The molecule has 2 aliphatic rings. The lowest BCUT2D eigenvalue weighted by atomic mass is 10.1. The average molecular weight is 424 g/mol. The Morgan fingerprint density at radius 2 is 2.06 bits per heavy atom.